The van der Waals surface area contributed by atoms with E-state index < -0.39 is 0 Å². The average molecular weight is 305 g/mol. The number of nitrogens with one attached hydrogen (secondary N) is 1. The summed E-state index contributed by atoms with van der Waals surface area (Å²) in [5.74, 6) is -0.235. The lowest BCUT2D eigenvalue weighted by Gasteiger charge is -2.03. The first-order valence-electron chi connectivity index (χ1n) is 5.13. The van der Waals surface area contributed by atoms with Crippen molar-refractivity contribution in [2.75, 3.05) is 7.05 Å². The summed E-state index contributed by atoms with van der Waals surface area (Å²) in [6, 6.07) is 8.94. The molecular formula is C12H9BrN4O. The first-order chi connectivity index (χ1) is 8.65. The lowest BCUT2D eigenvalue weighted by atomic mass is 10.2. The Bertz CT molecular complexity index is 642. The fourth-order valence-electron chi connectivity index (χ4n) is 1.45. The molecule has 0 saturated carbocycles. The molecule has 0 saturated heterocycles. The summed E-state index contributed by atoms with van der Waals surface area (Å²) in [5.41, 5.74) is 1.67. The van der Waals surface area contributed by atoms with Crippen molar-refractivity contribution in [2.45, 2.75) is 0 Å². The summed E-state index contributed by atoms with van der Waals surface area (Å²) in [6.07, 6.45) is 1.69. The van der Waals surface area contributed by atoms with Gasteiger partial charge in [-0.25, -0.2) is 4.68 Å². The fourth-order valence-corrected chi connectivity index (χ4v) is 1.91. The molecule has 5 nitrogen and oxygen atoms in total. The van der Waals surface area contributed by atoms with E-state index in [0.29, 0.717) is 15.7 Å². The largest absolute Gasteiger partial charge is 0.354 e. The van der Waals surface area contributed by atoms with Crippen molar-refractivity contribution < 1.29 is 4.79 Å². The molecule has 0 aliphatic carbocycles. The minimum absolute atomic E-state index is 0.235. The number of hydrogen-bond donors (Lipinski definition) is 1. The second kappa shape index (κ2) is 5.02. The smallest absolute Gasteiger partial charge is 0.271 e. The van der Waals surface area contributed by atoms with Crippen LogP contribution in [0.15, 0.2) is 34.9 Å². The highest BCUT2D eigenvalue weighted by Gasteiger charge is 2.08. The van der Waals surface area contributed by atoms with Gasteiger partial charge in [-0.2, -0.15) is 10.4 Å². The standard InChI is InChI=1S/C12H9BrN4O/c1-15-12(18)11-4-5-17(16-11)9-3-2-8(7-14)10(13)6-9/h2-6H,1H3,(H,15,18). The quantitative estimate of drug-likeness (QED) is 0.920. The number of aromatic nitrogens is 2. The van der Waals surface area contributed by atoms with Gasteiger partial charge in [0, 0.05) is 17.7 Å². The van der Waals surface area contributed by atoms with Crippen LogP contribution >= 0.6 is 15.9 Å². The Kier molecular flexibility index (Phi) is 3.44. The first-order valence-corrected chi connectivity index (χ1v) is 5.93. The predicted octanol–water partition coefficient (Wildman–Crippen LogP) is 1.87. The third-order valence-corrected chi connectivity index (χ3v) is 3.04. The van der Waals surface area contributed by atoms with Crippen LogP contribution in [0.2, 0.25) is 0 Å². The molecule has 2 rings (SSSR count). The first kappa shape index (κ1) is 12.3. The summed E-state index contributed by atoms with van der Waals surface area (Å²) in [4.78, 5) is 11.4. The van der Waals surface area contributed by atoms with E-state index in [0.717, 1.165) is 5.69 Å². The van der Waals surface area contributed by atoms with E-state index in [4.69, 9.17) is 5.26 Å². The lowest BCUT2D eigenvalue weighted by Crippen LogP contribution is -2.18. The van der Waals surface area contributed by atoms with E-state index >= 15 is 0 Å². The highest BCUT2D eigenvalue weighted by atomic mass is 79.9. The van der Waals surface area contributed by atoms with Crippen LogP contribution in [-0.2, 0) is 0 Å². The second-order valence-corrected chi connectivity index (χ2v) is 4.35. The molecule has 0 aliphatic rings. The summed E-state index contributed by atoms with van der Waals surface area (Å²) in [6.45, 7) is 0. The number of nitriles is 1. The van der Waals surface area contributed by atoms with Crippen LogP contribution in [0.1, 0.15) is 16.1 Å². The number of carbonyl (C=O) groups excluding carboxylic acids is 1. The third-order valence-electron chi connectivity index (χ3n) is 2.39. The molecule has 0 spiro atoms. The van der Waals surface area contributed by atoms with Gasteiger partial charge in [0.2, 0.25) is 0 Å². The summed E-state index contributed by atoms with van der Waals surface area (Å²) < 4.78 is 2.27. The Labute approximate surface area is 112 Å². The molecule has 0 unspecified atom stereocenters. The molecule has 0 fully saturated rings. The molecule has 0 bridgehead atoms. The Balaban J connectivity index is 2.38. The van der Waals surface area contributed by atoms with Crippen molar-refractivity contribution in [3.8, 4) is 11.8 Å². The normalized spacial score (nSPS) is 9.83. The van der Waals surface area contributed by atoms with Crippen LogP contribution in [0.25, 0.3) is 5.69 Å². The van der Waals surface area contributed by atoms with Crippen molar-refractivity contribution >= 4 is 21.8 Å². The molecule has 0 radical (unpaired) electrons. The number of rotatable bonds is 2. The molecule has 90 valence electrons. The maximum Gasteiger partial charge on any atom is 0.271 e. The Hall–Kier alpha value is -2.13. The maximum atomic E-state index is 11.4. The zero-order chi connectivity index (χ0) is 13.1. The molecule has 6 heteroatoms. The minimum Gasteiger partial charge on any atom is -0.354 e. The molecule has 1 amide bonds. The molecule has 1 heterocycles. The van der Waals surface area contributed by atoms with Gasteiger partial charge in [-0.05, 0) is 40.2 Å². The summed E-state index contributed by atoms with van der Waals surface area (Å²) in [5, 5.41) is 15.5. The van der Waals surface area contributed by atoms with Gasteiger partial charge >= 0.3 is 0 Å². The number of halogens is 1. The SMILES string of the molecule is CNC(=O)c1ccn(-c2ccc(C#N)c(Br)c2)n1. The molecular weight excluding hydrogens is 296 g/mol. The number of hydrogen-bond acceptors (Lipinski definition) is 3. The van der Waals surface area contributed by atoms with Crippen LogP contribution in [0, 0.1) is 11.3 Å². The van der Waals surface area contributed by atoms with E-state index in [1.807, 2.05) is 0 Å². The zero-order valence-electron chi connectivity index (χ0n) is 9.51. The Morgan fingerprint density at radius 1 is 1.50 bits per heavy atom. The second-order valence-electron chi connectivity index (χ2n) is 3.50. The predicted molar refractivity (Wildman–Crippen MR) is 69.4 cm³/mol. The number of nitrogens with zero attached hydrogens (tertiary/aromatic N) is 3. The van der Waals surface area contributed by atoms with Crippen molar-refractivity contribution in [1.29, 1.82) is 5.26 Å². The van der Waals surface area contributed by atoms with Gasteiger partial charge in [0.1, 0.15) is 6.07 Å². The van der Waals surface area contributed by atoms with Gasteiger partial charge in [0.25, 0.3) is 5.91 Å². The van der Waals surface area contributed by atoms with Gasteiger partial charge in [-0.15, -0.1) is 0 Å². The van der Waals surface area contributed by atoms with E-state index in [2.05, 4.69) is 32.4 Å². The van der Waals surface area contributed by atoms with E-state index in [1.165, 1.54) is 0 Å². The fraction of sp³-hybridized carbons (Fsp3) is 0.0833. The molecule has 18 heavy (non-hydrogen) atoms. The van der Waals surface area contributed by atoms with Crippen LogP contribution < -0.4 is 5.32 Å². The Morgan fingerprint density at radius 3 is 2.89 bits per heavy atom. The minimum atomic E-state index is -0.235. The highest BCUT2D eigenvalue weighted by molar-refractivity contribution is 9.10. The van der Waals surface area contributed by atoms with Crippen molar-refractivity contribution in [3.63, 3.8) is 0 Å². The molecule has 2 aromatic rings. The molecule has 0 atom stereocenters. The molecule has 0 aliphatic heterocycles. The van der Waals surface area contributed by atoms with E-state index in [1.54, 1.807) is 42.2 Å². The van der Waals surface area contributed by atoms with E-state index in [9.17, 15) is 4.79 Å². The maximum absolute atomic E-state index is 11.4. The number of amides is 1. The van der Waals surface area contributed by atoms with E-state index in [-0.39, 0.29) is 5.91 Å². The third kappa shape index (κ3) is 2.26. The van der Waals surface area contributed by atoms with Crippen molar-refractivity contribution in [1.82, 2.24) is 15.1 Å². The van der Waals surface area contributed by atoms with Gasteiger partial charge in [0.05, 0.1) is 11.3 Å². The van der Waals surface area contributed by atoms with Crippen molar-refractivity contribution in [2.24, 2.45) is 0 Å². The lowest BCUT2D eigenvalue weighted by molar-refractivity contribution is 0.0957. The highest BCUT2D eigenvalue weighted by Crippen LogP contribution is 2.20. The van der Waals surface area contributed by atoms with Gasteiger partial charge < -0.3 is 5.32 Å². The number of benzene rings is 1. The van der Waals surface area contributed by atoms with Crippen molar-refractivity contribution in [3.05, 3.63) is 46.2 Å². The molecule has 1 aromatic heterocycles. The van der Waals surface area contributed by atoms with Gasteiger partial charge in [-0.1, -0.05) is 0 Å². The van der Waals surface area contributed by atoms with Gasteiger partial charge in [-0.3, -0.25) is 4.79 Å². The number of carbonyl (C=O) groups is 1. The summed E-state index contributed by atoms with van der Waals surface area (Å²) in [7, 11) is 1.56. The molecule has 1 N–H and O–H groups in total. The van der Waals surface area contributed by atoms with Crippen LogP contribution in [0.5, 0.6) is 0 Å². The van der Waals surface area contributed by atoms with Crippen LogP contribution in [0.3, 0.4) is 0 Å². The topological polar surface area (TPSA) is 70.7 Å². The zero-order valence-corrected chi connectivity index (χ0v) is 11.1. The average Bonchev–Trinajstić information content (AvgIpc) is 2.87. The van der Waals surface area contributed by atoms with Crippen LogP contribution in [-0.4, -0.2) is 22.7 Å². The monoisotopic (exact) mass is 304 g/mol. The summed E-state index contributed by atoms with van der Waals surface area (Å²) >= 11 is 3.31. The molecule has 1 aromatic carbocycles. The van der Waals surface area contributed by atoms with Crippen LogP contribution in [0.4, 0.5) is 0 Å². The Morgan fingerprint density at radius 2 is 2.28 bits per heavy atom. The van der Waals surface area contributed by atoms with Gasteiger partial charge in [0.15, 0.2) is 5.69 Å².